The van der Waals surface area contributed by atoms with Crippen LogP contribution in [0, 0.1) is 0 Å². The molecule has 0 fully saturated rings. The van der Waals surface area contributed by atoms with Crippen LogP contribution in [0.1, 0.15) is 11.1 Å². The van der Waals surface area contributed by atoms with Crippen molar-refractivity contribution in [3.8, 4) is 5.75 Å². The predicted octanol–water partition coefficient (Wildman–Crippen LogP) is 4.55. The first-order valence-electron chi connectivity index (χ1n) is 8.68. The standard InChI is InChI=1S/C22H16BrN3O2/c23-19-11-16(18-9-4-10-24-21(18)22(19)28)13-25-26-20(27)12-15-7-3-6-14-5-1-2-8-17(14)15/h1-11,13,28H,12H2,(H,26,27)/b25-13-. The second kappa shape index (κ2) is 7.78. The Hall–Kier alpha value is -3.25. The number of nitrogens with zero attached hydrogens (tertiary/aromatic N) is 2. The molecule has 0 radical (unpaired) electrons. The zero-order valence-electron chi connectivity index (χ0n) is 14.8. The van der Waals surface area contributed by atoms with Crippen molar-refractivity contribution in [3.05, 3.63) is 82.5 Å². The van der Waals surface area contributed by atoms with E-state index in [-0.39, 0.29) is 18.1 Å². The van der Waals surface area contributed by atoms with Crippen LogP contribution in [0.15, 0.2) is 76.4 Å². The summed E-state index contributed by atoms with van der Waals surface area (Å²) in [7, 11) is 0. The summed E-state index contributed by atoms with van der Waals surface area (Å²) < 4.78 is 0.516. The molecule has 28 heavy (non-hydrogen) atoms. The van der Waals surface area contributed by atoms with Crippen LogP contribution in [0.2, 0.25) is 0 Å². The first-order chi connectivity index (χ1) is 13.6. The number of amides is 1. The molecule has 0 atom stereocenters. The molecule has 0 aliphatic carbocycles. The molecule has 0 saturated carbocycles. The third-order valence-corrected chi connectivity index (χ3v) is 5.08. The third kappa shape index (κ3) is 3.59. The zero-order valence-corrected chi connectivity index (χ0v) is 16.3. The molecule has 2 N–H and O–H groups in total. The van der Waals surface area contributed by atoms with Gasteiger partial charge < -0.3 is 5.11 Å². The summed E-state index contributed by atoms with van der Waals surface area (Å²) >= 11 is 3.32. The van der Waals surface area contributed by atoms with Crippen LogP contribution in [0.25, 0.3) is 21.7 Å². The molecule has 1 aromatic heterocycles. The average Bonchev–Trinajstić information content (AvgIpc) is 2.72. The van der Waals surface area contributed by atoms with Crippen molar-refractivity contribution in [2.24, 2.45) is 5.10 Å². The third-order valence-electron chi connectivity index (χ3n) is 4.48. The van der Waals surface area contributed by atoms with E-state index in [1.807, 2.05) is 48.5 Å². The molecule has 5 nitrogen and oxygen atoms in total. The predicted molar refractivity (Wildman–Crippen MR) is 114 cm³/mol. The number of hydrogen-bond donors (Lipinski definition) is 2. The minimum Gasteiger partial charge on any atom is -0.505 e. The van der Waals surface area contributed by atoms with Gasteiger partial charge in [0.05, 0.1) is 17.1 Å². The van der Waals surface area contributed by atoms with E-state index in [9.17, 15) is 9.90 Å². The van der Waals surface area contributed by atoms with E-state index >= 15 is 0 Å². The van der Waals surface area contributed by atoms with Gasteiger partial charge >= 0.3 is 0 Å². The first kappa shape index (κ1) is 18.1. The van der Waals surface area contributed by atoms with Gasteiger partial charge in [0.2, 0.25) is 5.91 Å². The van der Waals surface area contributed by atoms with Gasteiger partial charge in [0.1, 0.15) is 5.52 Å². The van der Waals surface area contributed by atoms with Crippen molar-refractivity contribution < 1.29 is 9.90 Å². The molecular weight excluding hydrogens is 418 g/mol. The van der Waals surface area contributed by atoms with E-state index in [1.165, 1.54) is 0 Å². The maximum atomic E-state index is 12.3. The number of aromatic nitrogens is 1. The number of halogens is 1. The number of fused-ring (bicyclic) bond motifs is 2. The van der Waals surface area contributed by atoms with Crippen LogP contribution in [0.4, 0.5) is 0 Å². The fourth-order valence-electron chi connectivity index (χ4n) is 3.16. The topological polar surface area (TPSA) is 74.6 Å². The van der Waals surface area contributed by atoms with Crippen molar-refractivity contribution in [3.63, 3.8) is 0 Å². The summed E-state index contributed by atoms with van der Waals surface area (Å²) in [4.78, 5) is 16.5. The molecule has 0 aliphatic rings. The molecule has 0 aliphatic heterocycles. The normalized spacial score (nSPS) is 11.3. The number of phenolic OH excluding ortho intramolecular Hbond substituents is 1. The van der Waals surface area contributed by atoms with E-state index in [0.29, 0.717) is 9.99 Å². The number of carbonyl (C=O) groups excluding carboxylic acids is 1. The number of rotatable bonds is 4. The quantitative estimate of drug-likeness (QED) is 0.366. The fourth-order valence-corrected chi connectivity index (χ4v) is 3.60. The van der Waals surface area contributed by atoms with Crippen molar-refractivity contribution in [1.29, 1.82) is 0 Å². The van der Waals surface area contributed by atoms with Crippen molar-refractivity contribution in [2.75, 3.05) is 0 Å². The molecule has 0 unspecified atom stereocenters. The van der Waals surface area contributed by atoms with Gasteiger partial charge in [-0.2, -0.15) is 5.10 Å². The Morgan fingerprint density at radius 3 is 2.79 bits per heavy atom. The van der Waals surface area contributed by atoms with Crippen LogP contribution in [0.5, 0.6) is 5.75 Å². The lowest BCUT2D eigenvalue weighted by molar-refractivity contribution is -0.120. The number of nitrogens with one attached hydrogen (secondary N) is 1. The van der Waals surface area contributed by atoms with Crippen molar-refractivity contribution in [1.82, 2.24) is 10.4 Å². The molecule has 0 bridgehead atoms. The van der Waals surface area contributed by atoms with Gasteiger partial charge in [-0.05, 0) is 44.4 Å². The Morgan fingerprint density at radius 1 is 1.11 bits per heavy atom. The van der Waals surface area contributed by atoms with E-state index in [1.54, 1.807) is 24.5 Å². The SMILES string of the molecule is O=C(Cc1cccc2ccccc12)N/N=C\c1cc(Br)c(O)c2ncccc12. The summed E-state index contributed by atoms with van der Waals surface area (Å²) in [5.74, 6) is -0.124. The Morgan fingerprint density at radius 2 is 1.89 bits per heavy atom. The largest absolute Gasteiger partial charge is 0.505 e. The zero-order chi connectivity index (χ0) is 19.5. The van der Waals surface area contributed by atoms with E-state index in [0.717, 1.165) is 27.3 Å². The van der Waals surface area contributed by atoms with Crippen LogP contribution in [0.3, 0.4) is 0 Å². The molecule has 0 spiro atoms. The molecular formula is C22H16BrN3O2. The monoisotopic (exact) mass is 433 g/mol. The molecule has 4 aromatic rings. The molecule has 3 aromatic carbocycles. The Balaban J connectivity index is 1.53. The molecule has 6 heteroatoms. The van der Waals surface area contributed by atoms with E-state index in [2.05, 4.69) is 31.4 Å². The molecule has 4 rings (SSSR count). The Bertz CT molecular complexity index is 1220. The minimum atomic E-state index is -0.201. The highest BCUT2D eigenvalue weighted by atomic mass is 79.9. The molecule has 1 heterocycles. The van der Waals surface area contributed by atoms with Crippen molar-refractivity contribution >= 4 is 49.7 Å². The van der Waals surface area contributed by atoms with E-state index in [4.69, 9.17) is 0 Å². The van der Waals surface area contributed by atoms with Gasteiger partial charge in [0, 0.05) is 17.1 Å². The summed E-state index contributed by atoms with van der Waals surface area (Å²) in [6, 6.07) is 19.2. The van der Waals surface area contributed by atoms with Gasteiger partial charge in [-0.3, -0.25) is 9.78 Å². The van der Waals surface area contributed by atoms with Gasteiger partial charge in [0.25, 0.3) is 0 Å². The maximum Gasteiger partial charge on any atom is 0.244 e. The number of hydrogen-bond acceptors (Lipinski definition) is 4. The lowest BCUT2D eigenvalue weighted by atomic mass is 10.0. The smallest absolute Gasteiger partial charge is 0.244 e. The van der Waals surface area contributed by atoms with Crippen LogP contribution >= 0.6 is 15.9 Å². The summed E-state index contributed by atoms with van der Waals surface area (Å²) in [5, 5.41) is 17.1. The number of hydrazone groups is 1. The molecule has 1 amide bonds. The number of pyridine rings is 1. The summed E-state index contributed by atoms with van der Waals surface area (Å²) in [6.07, 6.45) is 3.40. The number of aromatic hydroxyl groups is 1. The average molecular weight is 434 g/mol. The van der Waals surface area contributed by atoms with Gasteiger partial charge in [-0.1, -0.05) is 48.5 Å². The van der Waals surface area contributed by atoms with Gasteiger partial charge in [-0.15, -0.1) is 0 Å². The van der Waals surface area contributed by atoms with Crippen LogP contribution in [-0.4, -0.2) is 22.2 Å². The lowest BCUT2D eigenvalue weighted by Crippen LogP contribution is -2.19. The highest BCUT2D eigenvalue weighted by molar-refractivity contribution is 9.10. The minimum absolute atomic E-state index is 0.0766. The fraction of sp³-hybridized carbons (Fsp3) is 0.0455. The number of benzene rings is 3. The Labute approximate surface area is 169 Å². The van der Waals surface area contributed by atoms with Crippen LogP contribution < -0.4 is 5.43 Å². The molecule has 0 saturated heterocycles. The van der Waals surface area contributed by atoms with E-state index < -0.39 is 0 Å². The highest BCUT2D eigenvalue weighted by Crippen LogP contribution is 2.33. The second-order valence-electron chi connectivity index (χ2n) is 6.30. The highest BCUT2D eigenvalue weighted by Gasteiger charge is 2.10. The maximum absolute atomic E-state index is 12.3. The number of phenols is 1. The first-order valence-corrected chi connectivity index (χ1v) is 9.47. The summed E-state index contributed by atoms with van der Waals surface area (Å²) in [6.45, 7) is 0. The lowest BCUT2D eigenvalue weighted by Gasteiger charge is -2.07. The van der Waals surface area contributed by atoms with Crippen LogP contribution in [-0.2, 0) is 11.2 Å². The van der Waals surface area contributed by atoms with Gasteiger partial charge in [0.15, 0.2) is 5.75 Å². The van der Waals surface area contributed by atoms with Crippen molar-refractivity contribution in [2.45, 2.75) is 6.42 Å². The Kier molecular flexibility index (Phi) is 5.04. The second-order valence-corrected chi connectivity index (χ2v) is 7.16. The summed E-state index contributed by atoms with van der Waals surface area (Å²) in [5.41, 5.74) is 4.73. The number of carbonyl (C=O) groups is 1. The molecule has 138 valence electrons. The van der Waals surface area contributed by atoms with Gasteiger partial charge in [-0.25, -0.2) is 5.43 Å².